The van der Waals surface area contributed by atoms with Crippen LogP contribution in [0.5, 0.6) is 0 Å². The topological polar surface area (TPSA) is 67.3 Å². The Hall–Kier alpha value is -2.90. The average molecular weight is 477 g/mol. The van der Waals surface area contributed by atoms with E-state index in [-0.39, 0.29) is 5.91 Å². The number of anilines is 1. The number of nitrogens with zero attached hydrogens (tertiary/aromatic N) is 3. The number of carbonyl (C=O) groups excluding carboxylic acids is 1. The first kappa shape index (κ1) is 24.2. The van der Waals surface area contributed by atoms with Gasteiger partial charge in [-0.1, -0.05) is 54.2 Å². The van der Waals surface area contributed by atoms with Gasteiger partial charge in [0.2, 0.25) is 0 Å². The lowest BCUT2D eigenvalue weighted by molar-refractivity contribution is 0.0937. The summed E-state index contributed by atoms with van der Waals surface area (Å²) in [7, 11) is 1.62. The number of hydrogen-bond acceptors (Lipinski definition) is 6. The quantitative estimate of drug-likeness (QED) is 0.260. The van der Waals surface area contributed by atoms with Crippen LogP contribution >= 0.6 is 11.8 Å². The molecule has 178 valence electrons. The summed E-state index contributed by atoms with van der Waals surface area (Å²) in [6.45, 7) is 4.29. The number of methoxy groups -OCH3 is 1. The number of rotatable bonds is 9. The summed E-state index contributed by atoms with van der Waals surface area (Å²) in [5, 5.41) is 3.63. The summed E-state index contributed by atoms with van der Waals surface area (Å²) in [5.41, 5.74) is 3.74. The Morgan fingerprint density at radius 3 is 2.76 bits per heavy atom. The normalized spacial score (nSPS) is 15.8. The van der Waals surface area contributed by atoms with Crippen LogP contribution in [0.1, 0.15) is 42.1 Å². The number of hydrogen-bond donors (Lipinski definition) is 1. The van der Waals surface area contributed by atoms with Gasteiger partial charge >= 0.3 is 0 Å². The first-order chi connectivity index (χ1) is 16.6. The molecule has 1 unspecified atom stereocenters. The van der Waals surface area contributed by atoms with Gasteiger partial charge in [-0.15, -0.1) is 0 Å². The third-order valence-electron chi connectivity index (χ3n) is 6.01. The first-order valence-corrected chi connectivity index (χ1v) is 12.8. The van der Waals surface area contributed by atoms with Gasteiger partial charge in [-0.3, -0.25) is 4.79 Å². The second-order valence-corrected chi connectivity index (χ2v) is 9.48. The molecule has 0 bridgehead atoms. The summed E-state index contributed by atoms with van der Waals surface area (Å²) < 4.78 is 5.01. The highest BCUT2D eigenvalue weighted by Gasteiger charge is 2.21. The lowest BCUT2D eigenvalue weighted by Crippen LogP contribution is -2.38. The van der Waals surface area contributed by atoms with Gasteiger partial charge in [-0.2, -0.15) is 0 Å². The molecule has 0 radical (unpaired) electrons. The van der Waals surface area contributed by atoms with Gasteiger partial charge in [0, 0.05) is 49.2 Å². The fourth-order valence-corrected chi connectivity index (χ4v) is 4.94. The summed E-state index contributed by atoms with van der Waals surface area (Å²) in [5.74, 6) is 1.59. The van der Waals surface area contributed by atoms with E-state index in [1.807, 2.05) is 42.5 Å². The van der Waals surface area contributed by atoms with Gasteiger partial charge < -0.3 is 15.0 Å². The summed E-state index contributed by atoms with van der Waals surface area (Å²) in [6.07, 6.45) is 3.65. The minimum atomic E-state index is -0.0902. The zero-order valence-electron chi connectivity index (χ0n) is 19.9. The Kier molecular flexibility index (Phi) is 8.55. The van der Waals surface area contributed by atoms with E-state index in [1.54, 1.807) is 18.9 Å². The van der Waals surface area contributed by atoms with Crippen LogP contribution < -0.4 is 10.2 Å². The lowest BCUT2D eigenvalue weighted by atomic mass is 10.0. The third-order valence-corrected chi connectivity index (χ3v) is 6.93. The highest BCUT2D eigenvalue weighted by Crippen LogP contribution is 2.30. The Labute approximate surface area is 206 Å². The average Bonchev–Trinajstić information content (AvgIpc) is 2.88. The molecule has 1 fully saturated rings. The number of amides is 1. The smallest absolute Gasteiger partial charge is 0.251 e. The molecular weight excluding hydrogens is 444 g/mol. The van der Waals surface area contributed by atoms with Gasteiger partial charge in [-0.25, -0.2) is 9.97 Å². The van der Waals surface area contributed by atoms with Crippen molar-refractivity contribution >= 4 is 23.5 Å². The molecule has 1 amide bonds. The lowest BCUT2D eigenvalue weighted by Gasteiger charge is -2.34. The van der Waals surface area contributed by atoms with E-state index >= 15 is 0 Å². The second kappa shape index (κ2) is 12.0. The first-order valence-electron chi connectivity index (χ1n) is 11.8. The van der Waals surface area contributed by atoms with E-state index in [9.17, 15) is 4.79 Å². The van der Waals surface area contributed by atoms with Gasteiger partial charge in [0.1, 0.15) is 5.82 Å². The maximum atomic E-state index is 12.4. The maximum absolute atomic E-state index is 12.4. The molecule has 0 saturated carbocycles. The van der Waals surface area contributed by atoms with Crippen LogP contribution in [-0.4, -0.2) is 48.7 Å². The van der Waals surface area contributed by atoms with Crippen molar-refractivity contribution in [2.75, 3.05) is 31.7 Å². The summed E-state index contributed by atoms with van der Waals surface area (Å²) >= 11 is 1.60. The molecule has 1 N–H and O–H groups in total. The van der Waals surface area contributed by atoms with Crippen LogP contribution in [0.15, 0.2) is 65.8 Å². The predicted octanol–water partition coefficient (Wildman–Crippen LogP) is 5.19. The van der Waals surface area contributed by atoms with E-state index in [4.69, 9.17) is 14.7 Å². The molecule has 1 aliphatic heterocycles. The van der Waals surface area contributed by atoms with Crippen molar-refractivity contribution in [2.45, 2.75) is 43.1 Å². The number of benzene rings is 2. The molecule has 0 spiro atoms. The number of thioether (sulfide) groups is 1. The molecule has 7 heteroatoms. The van der Waals surface area contributed by atoms with E-state index in [2.05, 4.69) is 35.3 Å². The van der Waals surface area contributed by atoms with Gasteiger partial charge in [0.25, 0.3) is 5.91 Å². The fourth-order valence-electron chi connectivity index (χ4n) is 4.14. The SMILES string of the molecule is COCCNC(=O)c1cccc(CSc2nc(-c3ccccc3)cc(N3CCCCC3C)n2)c1. The Morgan fingerprint density at radius 1 is 1.12 bits per heavy atom. The monoisotopic (exact) mass is 476 g/mol. The zero-order chi connectivity index (χ0) is 23.8. The van der Waals surface area contributed by atoms with Crippen molar-refractivity contribution in [1.82, 2.24) is 15.3 Å². The molecule has 34 heavy (non-hydrogen) atoms. The van der Waals surface area contributed by atoms with E-state index in [1.165, 1.54) is 19.3 Å². The maximum Gasteiger partial charge on any atom is 0.251 e. The molecule has 6 nitrogen and oxygen atoms in total. The van der Waals surface area contributed by atoms with Crippen molar-refractivity contribution in [2.24, 2.45) is 0 Å². The van der Waals surface area contributed by atoms with Crippen LogP contribution in [-0.2, 0) is 10.5 Å². The van der Waals surface area contributed by atoms with Crippen molar-refractivity contribution in [3.8, 4) is 11.3 Å². The number of carbonyl (C=O) groups is 1. The number of nitrogens with one attached hydrogen (secondary N) is 1. The molecule has 2 aromatic carbocycles. The Morgan fingerprint density at radius 2 is 1.97 bits per heavy atom. The minimum absolute atomic E-state index is 0.0902. The van der Waals surface area contributed by atoms with Crippen LogP contribution in [0.4, 0.5) is 5.82 Å². The Balaban J connectivity index is 1.54. The van der Waals surface area contributed by atoms with Crippen LogP contribution in [0.25, 0.3) is 11.3 Å². The van der Waals surface area contributed by atoms with Gasteiger partial charge in [0.05, 0.1) is 12.3 Å². The van der Waals surface area contributed by atoms with Crippen molar-refractivity contribution in [1.29, 1.82) is 0 Å². The van der Waals surface area contributed by atoms with Crippen LogP contribution in [0.2, 0.25) is 0 Å². The van der Waals surface area contributed by atoms with E-state index < -0.39 is 0 Å². The molecule has 1 aliphatic rings. The van der Waals surface area contributed by atoms with E-state index in [0.717, 1.165) is 34.3 Å². The molecule has 0 aliphatic carbocycles. The molecular formula is C27H32N4O2S. The molecule has 4 rings (SSSR count). The molecule has 2 heterocycles. The highest BCUT2D eigenvalue weighted by molar-refractivity contribution is 7.98. The van der Waals surface area contributed by atoms with E-state index in [0.29, 0.717) is 30.5 Å². The second-order valence-electron chi connectivity index (χ2n) is 8.54. The summed E-state index contributed by atoms with van der Waals surface area (Å²) in [6, 6.07) is 20.6. The number of ether oxygens (including phenoxy) is 1. The minimum Gasteiger partial charge on any atom is -0.383 e. The number of aromatic nitrogens is 2. The molecule has 1 saturated heterocycles. The van der Waals surface area contributed by atoms with Crippen molar-refractivity contribution in [3.63, 3.8) is 0 Å². The zero-order valence-corrected chi connectivity index (χ0v) is 20.7. The largest absolute Gasteiger partial charge is 0.383 e. The van der Waals surface area contributed by atoms with Crippen molar-refractivity contribution < 1.29 is 9.53 Å². The third kappa shape index (κ3) is 6.36. The molecule has 1 atom stereocenters. The Bertz CT molecular complexity index is 1090. The summed E-state index contributed by atoms with van der Waals surface area (Å²) in [4.78, 5) is 24.6. The molecule has 3 aromatic rings. The predicted molar refractivity (Wildman–Crippen MR) is 138 cm³/mol. The van der Waals surface area contributed by atoms with Crippen LogP contribution in [0.3, 0.4) is 0 Å². The van der Waals surface area contributed by atoms with Crippen LogP contribution in [0, 0.1) is 0 Å². The standard InChI is InChI=1S/C27H32N4O2S/c1-20-9-6-7-15-31(20)25-18-24(22-11-4-3-5-12-22)29-27(30-25)34-19-21-10-8-13-23(17-21)26(32)28-14-16-33-2/h3-5,8,10-13,17-18,20H,6-7,9,14-16,19H2,1-2H3,(H,28,32). The van der Waals surface area contributed by atoms with Crippen molar-refractivity contribution in [3.05, 3.63) is 71.8 Å². The van der Waals surface area contributed by atoms with Gasteiger partial charge in [-0.05, 0) is 43.9 Å². The highest BCUT2D eigenvalue weighted by atomic mass is 32.2. The van der Waals surface area contributed by atoms with Gasteiger partial charge in [0.15, 0.2) is 5.16 Å². The molecule has 1 aromatic heterocycles. The number of piperidine rings is 1. The fraction of sp³-hybridized carbons (Fsp3) is 0.370.